The first kappa shape index (κ1) is 53.5. The summed E-state index contributed by atoms with van der Waals surface area (Å²) in [6, 6.07) is 17.5. The second-order valence-corrected chi connectivity index (χ2v) is 19.6. The van der Waals surface area contributed by atoms with E-state index in [2.05, 4.69) is 56.3 Å². The van der Waals surface area contributed by atoms with Crippen LogP contribution >= 0.6 is 34.8 Å². The van der Waals surface area contributed by atoms with Crippen LogP contribution in [0.25, 0.3) is 22.8 Å². The predicted octanol–water partition coefficient (Wildman–Crippen LogP) is 9.35. The molecule has 23 heteroatoms. The van der Waals surface area contributed by atoms with Crippen molar-refractivity contribution in [2.24, 2.45) is 5.73 Å². The van der Waals surface area contributed by atoms with E-state index in [0.29, 0.717) is 87.5 Å². The third-order valence-electron chi connectivity index (χ3n) is 10.5. The number of hydrogen-bond acceptors (Lipinski definition) is 14. The second kappa shape index (κ2) is 24.3. The van der Waals surface area contributed by atoms with Crippen LogP contribution in [-0.4, -0.2) is 124 Å². The number of amides is 4. The van der Waals surface area contributed by atoms with Crippen molar-refractivity contribution in [2.75, 3.05) is 42.1 Å². The topological polar surface area (TPSA) is 264 Å². The van der Waals surface area contributed by atoms with Crippen LogP contribution in [-0.2, 0) is 9.47 Å². The third kappa shape index (κ3) is 16.6. The van der Waals surface area contributed by atoms with Gasteiger partial charge in [0.15, 0.2) is 0 Å². The minimum absolute atomic E-state index is 0.000665. The zero-order valence-electron chi connectivity index (χ0n) is 40.1. The summed E-state index contributed by atoms with van der Waals surface area (Å²) in [5.74, 6) is 0.439. The Hall–Kier alpha value is -6.87. The number of anilines is 3. The van der Waals surface area contributed by atoms with E-state index in [1.54, 1.807) is 121 Å². The SMILES string of the molecule is CC(C)(C)OC(=O)Nc1ccc(C(=O)N2CCC(N)CC2)cc1.CC(C)(C)OC(=O)Nc1ccc(C(=O)N2CCC(Nc3ncc(Cl)c(-c4ccn[nH]4)n3)CC2)cc1.Clc1ncc(Cl)c(-c2ccn[nH]2)n1. The average molecular weight is 1030 g/mol. The Balaban J connectivity index is 0.000000195. The molecule has 0 saturated carbocycles. The number of aromatic amines is 2. The number of aromatic nitrogens is 8. The fourth-order valence-corrected chi connectivity index (χ4v) is 7.57. The van der Waals surface area contributed by atoms with Crippen LogP contribution in [0.5, 0.6) is 0 Å². The molecule has 0 unspecified atom stereocenters. The molecule has 20 nitrogen and oxygen atoms in total. The van der Waals surface area contributed by atoms with Crippen molar-refractivity contribution in [1.29, 1.82) is 0 Å². The molecule has 2 saturated heterocycles. The van der Waals surface area contributed by atoms with Crippen molar-refractivity contribution in [3.8, 4) is 22.8 Å². The number of carbonyl (C=O) groups excluding carboxylic acids is 4. The highest BCUT2D eigenvalue weighted by Gasteiger charge is 2.26. The first-order chi connectivity index (χ1) is 33.7. The van der Waals surface area contributed by atoms with Gasteiger partial charge < -0.3 is 30.3 Å². The van der Waals surface area contributed by atoms with Crippen LogP contribution in [0.2, 0.25) is 15.3 Å². The second-order valence-electron chi connectivity index (χ2n) is 18.4. The van der Waals surface area contributed by atoms with Crippen molar-refractivity contribution in [3.05, 3.63) is 112 Å². The molecule has 2 aliphatic rings. The molecule has 0 aliphatic carbocycles. The first-order valence-corrected chi connectivity index (χ1v) is 23.8. The van der Waals surface area contributed by atoms with Gasteiger partial charge in [-0.2, -0.15) is 10.2 Å². The highest BCUT2D eigenvalue weighted by molar-refractivity contribution is 6.33. The van der Waals surface area contributed by atoms with E-state index in [-0.39, 0.29) is 29.2 Å². The van der Waals surface area contributed by atoms with E-state index in [1.807, 2.05) is 9.80 Å². The largest absolute Gasteiger partial charge is 0.444 e. The Labute approximate surface area is 426 Å². The van der Waals surface area contributed by atoms with Gasteiger partial charge in [-0.1, -0.05) is 23.2 Å². The van der Waals surface area contributed by atoms with E-state index < -0.39 is 23.4 Å². The molecule has 71 heavy (non-hydrogen) atoms. The molecule has 4 aromatic heterocycles. The van der Waals surface area contributed by atoms with Gasteiger partial charge in [0, 0.05) is 73.2 Å². The van der Waals surface area contributed by atoms with E-state index in [9.17, 15) is 19.2 Å². The number of hydrogen-bond donors (Lipinski definition) is 6. The molecule has 376 valence electrons. The quantitative estimate of drug-likeness (QED) is 0.0776. The monoisotopic (exact) mass is 1030 g/mol. The molecule has 2 aromatic carbocycles. The lowest BCUT2D eigenvalue weighted by atomic mass is 10.0. The molecule has 7 N–H and O–H groups in total. The number of nitrogens with zero attached hydrogens (tertiary/aromatic N) is 8. The molecule has 0 bridgehead atoms. The fourth-order valence-electron chi connectivity index (χ4n) is 7.05. The zero-order valence-corrected chi connectivity index (χ0v) is 42.4. The summed E-state index contributed by atoms with van der Waals surface area (Å²) in [6.07, 6.45) is 8.41. The van der Waals surface area contributed by atoms with Gasteiger partial charge in [-0.3, -0.25) is 30.4 Å². The lowest BCUT2D eigenvalue weighted by Crippen LogP contribution is -2.42. The molecular formula is C48H57Cl3N14O6. The van der Waals surface area contributed by atoms with Gasteiger partial charge in [-0.05, 0) is 139 Å². The van der Waals surface area contributed by atoms with E-state index >= 15 is 0 Å². The number of nitrogens with one attached hydrogen (secondary N) is 5. The summed E-state index contributed by atoms with van der Waals surface area (Å²) in [5, 5.41) is 23.0. The van der Waals surface area contributed by atoms with Gasteiger partial charge in [-0.25, -0.2) is 29.5 Å². The van der Waals surface area contributed by atoms with E-state index in [0.717, 1.165) is 25.7 Å². The van der Waals surface area contributed by atoms with Crippen molar-refractivity contribution in [2.45, 2.75) is 90.5 Å². The Morgan fingerprint density at radius 1 is 0.620 bits per heavy atom. The molecule has 6 heterocycles. The van der Waals surface area contributed by atoms with Gasteiger partial charge >= 0.3 is 12.2 Å². The standard InChI is InChI=1S/C24H28ClN7O3.C17H25N3O3.C7H4Cl2N4/c1-24(2,3)35-23(34)29-16-6-4-15(5-7-16)21(33)32-12-9-17(10-13-32)28-22-26-14-18(25)20(30-22)19-8-11-27-31-19;1-17(2,3)23-16(22)19-14-6-4-12(5-7-14)15(21)20-10-8-13(18)9-11-20;8-4-3-10-7(9)12-6(4)5-1-2-11-13-5/h4-8,11,14,17H,9-10,12-13H2,1-3H3,(H,27,31)(H,29,34)(H,26,28,30);4-7,13H,8-11,18H2,1-3H3,(H,19,22);1-3H,(H,11,13). The number of halogens is 3. The molecule has 4 amide bonds. The molecule has 8 rings (SSSR count). The van der Waals surface area contributed by atoms with Crippen LogP contribution in [0.3, 0.4) is 0 Å². The lowest BCUT2D eigenvalue weighted by Gasteiger charge is -2.32. The minimum atomic E-state index is -0.581. The molecule has 0 radical (unpaired) electrons. The summed E-state index contributed by atoms with van der Waals surface area (Å²) in [4.78, 5) is 69.1. The molecule has 0 atom stereocenters. The predicted molar refractivity (Wildman–Crippen MR) is 273 cm³/mol. The van der Waals surface area contributed by atoms with Crippen molar-refractivity contribution in [3.63, 3.8) is 0 Å². The van der Waals surface area contributed by atoms with Gasteiger partial charge in [0.25, 0.3) is 11.8 Å². The van der Waals surface area contributed by atoms with Gasteiger partial charge in [0.1, 0.15) is 22.6 Å². The summed E-state index contributed by atoms with van der Waals surface area (Å²) < 4.78 is 10.4. The lowest BCUT2D eigenvalue weighted by molar-refractivity contribution is 0.0624. The van der Waals surface area contributed by atoms with Gasteiger partial charge in [-0.15, -0.1) is 0 Å². The van der Waals surface area contributed by atoms with Crippen molar-refractivity contribution < 1.29 is 28.7 Å². The zero-order chi connectivity index (χ0) is 51.3. The molecular weight excluding hydrogens is 975 g/mol. The molecule has 2 aliphatic heterocycles. The number of rotatable bonds is 8. The number of nitrogens with two attached hydrogens (primary N) is 1. The Morgan fingerprint density at radius 2 is 1.04 bits per heavy atom. The van der Waals surface area contributed by atoms with Crippen molar-refractivity contribution in [1.82, 2.24) is 50.1 Å². The summed E-state index contributed by atoms with van der Waals surface area (Å²) in [7, 11) is 0. The Bertz CT molecular complexity index is 2700. The minimum Gasteiger partial charge on any atom is -0.444 e. The van der Waals surface area contributed by atoms with Crippen LogP contribution in [0.15, 0.2) is 85.5 Å². The number of carbonyl (C=O) groups is 4. The molecule has 6 aromatic rings. The summed E-state index contributed by atoms with van der Waals surface area (Å²) >= 11 is 17.7. The van der Waals surface area contributed by atoms with Gasteiger partial charge in [0.05, 0.1) is 33.8 Å². The third-order valence-corrected chi connectivity index (χ3v) is 11.2. The maximum atomic E-state index is 12.9. The number of ether oxygens (including phenoxy) is 2. The normalized spacial score (nSPS) is 14.2. The number of H-pyrrole nitrogens is 2. The molecule has 0 spiro atoms. The molecule has 2 fully saturated rings. The highest BCUT2D eigenvalue weighted by atomic mass is 35.5. The van der Waals surface area contributed by atoms with Crippen LogP contribution in [0.4, 0.5) is 26.9 Å². The van der Waals surface area contributed by atoms with E-state index in [1.165, 1.54) is 6.20 Å². The Morgan fingerprint density at radius 3 is 1.46 bits per heavy atom. The van der Waals surface area contributed by atoms with Gasteiger partial charge in [0.2, 0.25) is 11.2 Å². The number of piperidine rings is 2. The van der Waals surface area contributed by atoms with Crippen LogP contribution in [0.1, 0.15) is 87.9 Å². The van der Waals surface area contributed by atoms with Crippen LogP contribution in [0, 0.1) is 0 Å². The maximum absolute atomic E-state index is 12.9. The summed E-state index contributed by atoms with van der Waals surface area (Å²) in [5.41, 5.74) is 9.63. The Kier molecular flexibility index (Phi) is 18.3. The smallest absolute Gasteiger partial charge is 0.412 e. The number of likely N-dealkylation sites (tertiary alicyclic amines) is 2. The maximum Gasteiger partial charge on any atom is 0.412 e. The highest BCUT2D eigenvalue weighted by Crippen LogP contribution is 2.27. The average Bonchev–Trinajstić information content (AvgIpc) is 4.07. The number of benzene rings is 2. The first-order valence-electron chi connectivity index (χ1n) is 22.7. The van der Waals surface area contributed by atoms with Crippen molar-refractivity contribution >= 4 is 76.1 Å². The summed E-state index contributed by atoms with van der Waals surface area (Å²) in [6.45, 7) is 13.4. The fraction of sp³-hybridized carbons (Fsp3) is 0.375. The van der Waals surface area contributed by atoms with Crippen LogP contribution < -0.4 is 21.7 Å². The van der Waals surface area contributed by atoms with E-state index in [4.69, 9.17) is 50.0 Å².